The van der Waals surface area contributed by atoms with Crippen LogP contribution in [0.1, 0.15) is 106 Å². The number of carbonyl (C=O) groups is 4. The summed E-state index contributed by atoms with van der Waals surface area (Å²) >= 11 is 39.4. The number of methoxy groups -OCH3 is 8. The van der Waals surface area contributed by atoms with E-state index in [4.69, 9.17) is 117 Å². The average Bonchev–Trinajstić information content (AvgIpc) is 1.46. The first-order chi connectivity index (χ1) is 67.6. The number of aromatic nitrogens is 5. The van der Waals surface area contributed by atoms with Gasteiger partial charge in [0.15, 0.2) is 23.1 Å². The van der Waals surface area contributed by atoms with Gasteiger partial charge in [-0.15, -0.1) is 0 Å². The molecule has 726 valence electrons. The highest BCUT2D eigenvalue weighted by Crippen LogP contribution is 2.51. The quantitative estimate of drug-likeness (QED) is 0.0389. The molecule has 7 aliphatic rings. The average molecular weight is 2020 g/mol. The van der Waals surface area contributed by atoms with E-state index in [1.54, 1.807) is 59.5 Å². The molecular weight excluding hydrogens is 1930 g/mol. The fraction of sp³-hybridized carbons (Fsp3) is 0.277. The van der Waals surface area contributed by atoms with Crippen LogP contribution in [0.2, 0.25) is 30.1 Å². The number of anilines is 2. The molecule has 3 atom stereocenters. The Labute approximate surface area is 835 Å². The SMILES string of the molecule is COc1cc(OC)c(Cl)c(-c2ccc3c(c2)CN=C3NC(=O)c2ccc(N3C[C@@H](C)N[C@@H](C)C3)cn2)c1Cl.COc1cc(OC)c(Cl)c(-c2ccc3c(c2)CN=C3NC(=O)c2cnn(CCO)c2)c1Cl.COc1cc(OC)c(Cl)c(-c2ccc3c(c2)CN=C3NC(=O)c2cnn3c2OCC3)c1Cl.COc1cc(OC)c(F)c(-c2ccc3c(c2)CN=C3NC(=O)c2ccc(N3CCC(N(C)C)C3)cc2)c1F. The van der Waals surface area contributed by atoms with E-state index in [9.17, 15) is 28.0 Å². The standard InChI is InChI=1S/C29H30F2N4O3.C28H29Cl2N5O3.C22H18Cl2N4O4.C22H20Cl2N4O4/c1-34(2)21-11-12-35(16-21)20-8-5-17(6-9-20)29(36)33-28-22-10-7-18(13-19(22)15-32-28)25-26(30)23(37-3)14-24(38-4)27(25)31;1-15-13-35(14-16(2)33-15)19-6-8-21(31-12-19)28(36)34-27-20-7-5-17(9-18(20)11-32-27)24-25(29)22(37-3)10-23(38-4)26(24)30;1-30-15-8-16(31-2)19(24)17(18(15)23)11-3-4-13-12(7-11)9-25-20(13)27-21(29)14-10-26-28-5-6-32-22(14)28;1-31-16-8-17(32-2)20(24)18(19(16)23)12-3-4-15-13(7-12)9-25-21(15)27-22(30)14-10-26-28(11-14)5-6-29/h5-10,13-14,21H,11-12,15-16H2,1-4H3,(H,32,33,36);5-10,12,15-16,33H,11,13-14H2,1-4H3,(H,32,34,36);3-4,7-8,10H,5-6,9H2,1-2H3,(H,25,27,29);3-4,7-8,10-11,29H,5-6,9H2,1-2H3,(H,25,27,30)/t;15-,16+;;. The molecule has 12 aromatic rings. The maximum atomic E-state index is 15.0. The molecule has 39 heteroatoms. The number of pyridine rings is 1. The minimum Gasteiger partial charge on any atom is -0.495 e. The van der Waals surface area contributed by atoms with E-state index < -0.39 is 11.6 Å². The van der Waals surface area contributed by atoms with Crippen LogP contribution >= 0.6 is 69.6 Å². The molecule has 0 aliphatic carbocycles. The molecule has 1 unspecified atom stereocenters. The molecule has 2 fully saturated rings. The Morgan fingerprint density at radius 2 is 0.843 bits per heavy atom. The predicted octanol–water partition coefficient (Wildman–Crippen LogP) is 16.9. The Morgan fingerprint density at radius 3 is 1.24 bits per heavy atom. The van der Waals surface area contributed by atoms with Crippen LogP contribution in [0, 0.1) is 11.6 Å². The molecule has 0 radical (unpaired) electrons. The van der Waals surface area contributed by atoms with E-state index in [-0.39, 0.29) is 53.8 Å². The Balaban J connectivity index is 0.000000135. The smallest absolute Gasteiger partial charge is 0.275 e. The highest BCUT2D eigenvalue weighted by Gasteiger charge is 2.34. The molecule has 0 bridgehead atoms. The van der Waals surface area contributed by atoms with Gasteiger partial charge in [0.2, 0.25) is 5.88 Å². The fourth-order valence-electron chi connectivity index (χ4n) is 17.4. The number of fused-ring (bicyclic) bond motifs is 5. The normalized spacial score (nSPS) is 15.5. The van der Waals surface area contributed by atoms with Crippen molar-refractivity contribution < 1.29 is 75.7 Å². The minimum atomic E-state index is -0.812. The largest absolute Gasteiger partial charge is 0.495 e. The van der Waals surface area contributed by atoms with Gasteiger partial charge in [-0.1, -0.05) is 118 Å². The number of halogens is 8. The second-order valence-corrected chi connectivity index (χ2v) is 35.7. The van der Waals surface area contributed by atoms with Crippen molar-refractivity contribution in [2.24, 2.45) is 20.0 Å². The third-order valence-electron chi connectivity index (χ3n) is 24.5. The van der Waals surface area contributed by atoms with Crippen molar-refractivity contribution in [3.05, 3.63) is 267 Å². The monoisotopic (exact) mass is 2020 g/mol. The summed E-state index contributed by atoms with van der Waals surface area (Å²) in [7, 11) is 16.0. The number of amidine groups is 4. The van der Waals surface area contributed by atoms with Crippen LogP contribution < -0.4 is 79.0 Å². The maximum absolute atomic E-state index is 15.0. The molecule has 4 amide bonds. The van der Waals surface area contributed by atoms with Gasteiger partial charge in [0.25, 0.3) is 23.6 Å². The first-order valence-corrected chi connectivity index (χ1v) is 46.5. The van der Waals surface area contributed by atoms with E-state index in [1.807, 2.05) is 84.9 Å². The highest BCUT2D eigenvalue weighted by atomic mass is 35.5. The van der Waals surface area contributed by atoms with Gasteiger partial charge in [-0.05, 0) is 140 Å². The number of rotatable bonds is 21. The molecule has 140 heavy (non-hydrogen) atoms. The zero-order valence-electron chi connectivity index (χ0n) is 78.1. The number of aliphatic hydroxyl groups excluding tert-OH is 1. The second-order valence-electron chi connectivity index (χ2n) is 33.4. The molecular formula is C101H97Cl6F2N17O14. The maximum Gasteiger partial charge on any atom is 0.275 e. The minimum absolute atomic E-state index is 0.0572. The van der Waals surface area contributed by atoms with Crippen LogP contribution in [-0.2, 0) is 39.3 Å². The number of likely N-dealkylation sites (N-methyl/N-ethyl adjacent to an activating group) is 1. The molecule has 7 aliphatic heterocycles. The van der Waals surface area contributed by atoms with Crippen molar-refractivity contribution in [1.29, 1.82) is 0 Å². The first kappa shape index (κ1) is 99.4. The van der Waals surface area contributed by atoms with E-state index >= 15 is 0 Å². The third kappa shape index (κ3) is 20.7. The van der Waals surface area contributed by atoms with Gasteiger partial charge in [0.05, 0.1) is 168 Å². The molecule has 19 rings (SSSR count). The zero-order chi connectivity index (χ0) is 99.2. The van der Waals surface area contributed by atoms with Gasteiger partial charge in [-0.3, -0.25) is 43.8 Å². The summed E-state index contributed by atoms with van der Waals surface area (Å²) in [6.07, 6.45) is 7.40. The molecule has 31 nitrogen and oxygen atoms in total. The lowest BCUT2D eigenvalue weighted by Crippen LogP contribution is -2.54. The third-order valence-corrected chi connectivity index (χ3v) is 26.8. The van der Waals surface area contributed by atoms with Crippen LogP contribution in [-0.4, -0.2) is 210 Å². The van der Waals surface area contributed by atoms with E-state index in [1.165, 1.54) is 80.0 Å². The summed E-state index contributed by atoms with van der Waals surface area (Å²) in [5.41, 5.74) is 14.7. The van der Waals surface area contributed by atoms with E-state index in [2.05, 4.69) is 104 Å². The second kappa shape index (κ2) is 43.4. The van der Waals surface area contributed by atoms with Crippen LogP contribution in [0.3, 0.4) is 0 Å². The summed E-state index contributed by atoms with van der Waals surface area (Å²) in [5, 5.41) is 34.6. The molecule has 9 aromatic carbocycles. The lowest BCUT2D eigenvalue weighted by Gasteiger charge is -2.37. The molecule has 10 heterocycles. The van der Waals surface area contributed by atoms with Crippen LogP contribution in [0.5, 0.6) is 51.9 Å². The number of ether oxygens (including phenoxy) is 9. The highest BCUT2D eigenvalue weighted by molar-refractivity contribution is 6.43. The molecule has 2 saturated heterocycles. The van der Waals surface area contributed by atoms with E-state index in [0.717, 1.165) is 99.6 Å². The Hall–Kier alpha value is -13.6. The Kier molecular flexibility index (Phi) is 30.8. The number of amides is 4. The summed E-state index contributed by atoms with van der Waals surface area (Å²) < 4.78 is 81.0. The van der Waals surface area contributed by atoms with Crippen molar-refractivity contribution in [3.63, 3.8) is 0 Å². The van der Waals surface area contributed by atoms with Gasteiger partial charge in [0.1, 0.15) is 75.7 Å². The number of hydrogen-bond acceptors (Lipinski definition) is 25. The number of nitrogens with zero attached hydrogens (tertiary/aromatic N) is 12. The van der Waals surface area contributed by atoms with Crippen molar-refractivity contribution in [1.82, 2.24) is 56.0 Å². The summed E-state index contributed by atoms with van der Waals surface area (Å²) in [6.45, 7) is 11.0. The number of hydrogen-bond donors (Lipinski definition) is 6. The Bertz CT molecular complexity index is 6840. The lowest BCUT2D eigenvalue weighted by atomic mass is 9.98. The van der Waals surface area contributed by atoms with Gasteiger partial charge < -0.3 is 89.0 Å². The van der Waals surface area contributed by atoms with Crippen LogP contribution in [0.15, 0.2) is 178 Å². The number of aliphatic hydroxyl groups is 1. The van der Waals surface area contributed by atoms with Crippen LogP contribution in [0.25, 0.3) is 44.5 Å². The molecule has 3 aromatic heterocycles. The van der Waals surface area contributed by atoms with Gasteiger partial charge >= 0.3 is 0 Å². The van der Waals surface area contributed by atoms with Gasteiger partial charge in [0, 0.05) is 125 Å². The lowest BCUT2D eigenvalue weighted by molar-refractivity contribution is 0.0964. The first-order valence-electron chi connectivity index (χ1n) is 44.3. The summed E-state index contributed by atoms with van der Waals surface area (Å²) in [4.78, 5) is 80.5. The van der Waals surface area contributed by atoms with Crippen molar-refractivity contribution in [2.75, 3.05) is 120 Å². The van der Waals surface area contributed by atoms with Crippen molar-refractivity contribution >= 4 is 128 Å². The van der Waals surface area contributed by atoms with Gasteiger partial charge in [-0.2, -0.15) is 10.2 Å². The van der Waals surface area contributed by atoms with E-state index in [0.29, 0.717) is 202 Å². The Morgan fingerprint density at radius 1 is 0.450 bits per heavy atom. The number of piperazine rings is 1. The number of aliphatic imine (C=N–C) groups is 4. The van der Waals surface area contributed by atoms with Crippen LogP contribution in [0.4, 0.5) is 20.2 Å². The summed E-state index contributed by atoms with van der Waals surface area (Å²) in [6, 6.07) is 40.8. The molecule has 6 N–H and O–H groups in total. The molecule has 0 spiro atoms. The number of carbonyl (C=O) groups excluding carboxylic acids is 4. The van der Waals surface area contributed by atoms with Crippen molar-refractivity contribution in [3.8, 4) is 96.4 Å². The zero-order valence-corrected chi connectivity index (χ0v) is 82.6. The van der Waals surface area contributed by atoms with Gasteiger partial charge in [-0.25, -0.2) is 18.4 Å². The van der Waals surface area contributed by atoms with Crippen molar-refractivity contribution in [2.45, 2.75) is 77.7 Å². The summed E-state index contributed by atoms with van der Waals surface area (Å²) in [5.74, 6) is 2.08. The number of benzene rings is 9. The topological polar surface area (TPSA) is 339 Å². The fourth-order valence-corrected chi connectivity index (χ4v) is 19.5. The molecule has 0 saturated carbocycles. The predicted molar refractivity (Wildman–Crippen MR) is 537 cm³/mol. The number of nitrogens with one attached hydrogen (secondary N) is 5.